The van der Waals surface area contributed by atoms with E-state index in [0.29, 0.717) is 5.75 Å². The Morgan fingerprint density at radius 3 is 2.00 bits per heavy atom. The summed E-state index contributed by atoms with van der Waals surface area (Å²) in [5.74, 6) is 0.507. The minimum Gasteiger partial charge on any atom is -0.426 e. The Bertz CT molecular complexity index is 569. The van der Waals surface area contributed by atoms with E-state index in [1.165, 1.54) is 0 Å². The van der Waals surface area contributed by atoms with Crippen molar-refractivity contribution in [3.63, 3.8) is 0 Å². The van der Waals surface area contributed by atoms with Crippen LogP contribution in [0.15, 0.2) is 60.7 Å². The monoisotopic (exact) mass is 266 g/mol. The highest BCUT2D eigenvalue weighted by atomic mass is 16.5. The number of rotatable bonds is 3. The molecule has 102 valence electrons. The van der Waals surface area contributed by atoms with Crippen LogP contribution in [-0.4, -0.2) is 5.97 Å². The topological polar surface area (TPSA) is 26.3 Å². The average Bonchev–Trinajstić information content (AvgIpc) is 3.00. The Hall–Kier alpha value is -2.09. The second-order valence-electron chi connectivity index (χ2n) is 5.36. The average molecular weight is 266 g/mol. The minimum absolute atomic E-state index is 0.118. The summed E-state index contributed by atoms with van der Waals surface area (Å²) in [4.78, 5) is 12.7. The first-order chi connectivity index (χ1) is 9.81. The molecule has 2 aromatic rings. The van der Waals surface area contributed by atoms with E-state index in [0.717, 1.165) is 31.2 Å². The van der Waals surface area contributed by atoms with E-state index in [1.54, 1.807) is 0 Å². The van der Waals surface area contributed by atoms with Gasteiger partial charge in [0.15, 0.2) is 0 Å². The molecule has 0 N–H and O–H groups in total. The van der Waals surface area contributed by atoms with Crippen molar-refractivity contribution in [2.75, 3.05) is 0 Å². The molecule has 0 atom stereocenters. The van der Waals surface area contributed by atoms with E-state index in [2.05, 4.69) is 0 Å². The molecule has 0 unspecified atom stereocenters. The number of carbonyl (C=O) groups excluding carboxylic acids is 1. The summed E-state index contributed by atoms with van der Waals surface area (Å²) in [6.07, 6.45) is 3.92. The van der Waals surface area contributed by atoms with Crippen LogP contribution in [0.5, 0.6) is 5.75 Å². The van der Waals surface area contributed by atoms with Crippen molar-refractivity contribution >= 4 is 5.97 Å². The van der Waals surface area contributed by atoms with Crippen molar-refractivity contribution < 1.29 is 9.53 Å². The van der Waals surface area contributed by atoms with Gasteiger partial charge in [0.05, 0.1) is 5.41 Å². The van der Waals surface area contributed by atoms with Gasteiger partial charge in [-0.3, -0.25) is 4.79 Å². The second-order valence-corrected chi connectivity index (χ2v) is 5.36. The molecule has 0 heterocycles. The number of para-hydroxylation sites is 1. The van der Waals surface area contributed by atoms with Crippen molar-refractivity contribution in [3.8, 4) is 5.75 Å². The molecule has 1 saturated carbocycles. The van der Waals surface area contributed by atoms with E-state index in [-0.39, 0.29) is 5.97 Å². The third kappa shape index (κ3) is 2.34. The van der Waals surface area contributed by atoms with Gasteiger partial charge in [-0.1, -0.05) is 61.4 Å². The predicted molar refractivity (Wildman–Crippen MR) is 78.7 cm³/mol. The Morgan fingerprint density at radius 2 is 1.40 bits per heavy atom. The summed E-state index contributed by atoms with van der Waals surface area (Å²) in [6.45, 7) is 0. The van der Waals surface area contributed by atoms with Gasteiger partial charge in [-0.2, -0.15) is 0 Å². The highest BCUT2D eigenvalue weighted by molar-refractivity contribution is 5.85. The van der Waals surface area contributed by atoms with Crippen LogP contribution in [-0.2, 0) is 10.2 Å². The molecule has 0 radical (unpaired) electrons. The second kappa shape index (κ2) is 5.49. The van der Waals surface area contributed by atoms with Gasteiger partial charge in [-0.15, -0.1) is 0 Å². The van der Waals surface area contributed by atoms with Crippen molar-refractivity contribution in [2.45, 2.75) is 31.1 Å². The minimum atomic E-state index is -0.461. The molecule has 0 aromatic heterocycles. The van der Waals surface area contributed by atoms with E-state index < -0.39 is 5.41 Å². The van der Waals surface area contributed by atoms with E-state index in [1.807, 2.05) is 60.7 Å². The molecule has 1 fully saturated rings. The number of carbonyl (C=O) groups is 1. The maximum Gasteiger partial charge on any atom is 0.321 e. The number of benzene rings is 2. The molecule has 1 aliphatic rings. The summed E-state index contributed by atoms with van der Waals surface area (Å²) >= 11 is 0. The van der Waals surface area contributed by atoms with Gasteiger partial charge in [0.25, 0.3) is 0 Å². The van der Waals surface area contributed by atoms with Crippen LogP contribution in [0.1, 0.15) is 31.2 Å². The smallest absolute Gasteiger partial charge is 0.321 e. The first-order valence-electron chi connectivity index (χ1n) is 7.14. The molecule has 3 rings (SSSR count). The van der Waals surface area contributed by atoms with E-state index in [9.17, 15) is 4.79 Å². The maximum atomic E-state index is 12.7. The highest BCUT2D eigenvalue weighted by Crippen LogP contribution is 2.42. The van der Waals surface area contributed by atoms with Crippen LogP contribution in [0.4, 0.5) is 0 Å². The maximum absolute atomic E-state index is 12.7. The molecule has 0 saturated heterocycles. The Labute approximate surface area is 119 Å². The molecule has 0 amide bonds. The lowest BCUT2D eigenvalue weighted by atomic mass is 9.79. The third-order valence-corrected chi connectivity index (χ3v) is 4.13. The first-order valence-corrected chi connectivity index (χ1v) is 7.14. The van der Waals surface area contributed by atoms with Gasteiger partial charge in [-0.25, -0.2) is 0 Å². The molecule has 0 aliphatic heterocycles. The molecule has 2 aromatic carbocycles. The lowest BCUT2D eigenvalue weighted by molar-refractivity contribution is -0.140. The fraction of sp³-hybridized carbons (Fsp3) is 0.278. The van der Waals surface area contributed by atoms with Crippen LogP contribution in [0, 0.1) is 0 Å². The summed E-state index contributed by atoms with van der Waals surface area (Å²) in [7, 11) is 0. The lowest BCUT2D eigenvalue weighted by Gasteiger charge is -2.27. The van der Waals surface area contributed by atoms with Gasteiger partial charge in [0.1, 0.15) is 5.75 Å². The van der Waals surface area contributed by atoms with Gasteiger partial charge < -0.3 is 4.74 Å². The van der Waals surface area contributed by atoms with Crippen LogP contribution in [0.3, 0.4) is 0 Å². The van der Waals surface area contributed by atoms with Crippen molar-refractivity contribution in [2.24, 2.45) is 0 Å². The van der Waals surface area contributed by atoms with Crippen molar-refractivity contribution in [3.05, 3.63) is 66.2 Å². The number of hydrogen-bond donors (Lipinski definition) is 0. The zero-order valence-corrected chi connectivity index (χ0v) is 11.4. The molecule has 1 aliphatic carbocycles. The molecule has 0 bridgehead atoms. The standard InChI is InChI=1S/C18H18O2/c19-17(20-16-11-5-2-6-12-16)18(13-7-8-14-18)15-9-3-1-4-10-15/h1-6,9-12H,7-8,13-14H2. The third-order valence-electron chi connectivity index (χ3n) is 4.13. The Kier molecular flexibility index (Phi) is 3.55. The normalized spacial score (nSPS) is 16.8. The number of esters is 1. The Balaban J connectivity index is 1.89. The molecule has 20 heavy (non-hydrogen) atoms. The SMILES string of the molecule is O=C(Oc1ccccc1)C1(c2ccccc2)CCCC1. The highest BCUT2D eigenvalue weighted by Gasteiger charge is 2.44. The molecule has 0 spiro atoms. The van der Waals surface area contributed by atoms with Crippen molar-refractivity contribution in [1.82, 2.24) is 0 Å². The lowest BCUT2D eigenvalue weighted by Crippen LogP contribution is -2.36. The molecular weight excluding hydrogens is 248 g/mol. The van der Waals surface area contributed by atoms with Crippen LogP contribution < -0.4 is 4.74 Å². The quantitative estimate of drug-likeness (QED) is 0.617. The van der Waals surface area contributed by atoms with Crippen LogP contribution in [0.25, 0.3) is 0 Å². The summed E-state index contributed by atoms with van der Waals surface area (Å²) in [5.41, 5.74) is 0.621. The van der Waals surface area contributed by atoms with Crippen molar-refractivity contribution in [1.29, 1.82) is 0 Å². The van der Waals surface area contributed by atoms with Gasteiger partial charge >= 0.3 is 5.97 Å². The predicted octanol–water partition coefficient (Wildman–Crippen LogP) is 4.10. The zero-order chi connectivity index (χ0) is 13.8. The number of hydrogen-bond acceptors (Lipinski definition) is 2. The van der Waals surface area contributed by atoms with Gasteiger partial charge in [0.2, 0.25) is 0 Å². The number of ether oxygens (including phenoxy) is 1. The largest absolute Gasteiger partial charge is 0.426 e. The molecule has 2 nitrogen and oxygen atoms in total. The fourth-order valence-electron chi connectivity index (χ4n) is 3.04. The first kappa shape index (κ1) is 12.9. The van der Waals surface area contributed by atoms with Crippen LogP contribution in [0.2, 0.25) is 0 Å². The van der Waals surface area contributed by atoms with Gasteiger partial charge in [0, 0.05) is 0 Å². The Morgan fingerprint density at radius 1 is 0.850 bits per heavy atom. The summed E-state index contributed by atoms with van der Waals surface area (Å²) < 4.78 is 5.62. The zero-order valence-electron chi connectivity index (χ0n) is 11.4. The molecular formula is C18H18O2. The summed E-state index contributed by atoms with van der Waals surface area (Å²) in [5, 5.41) is 0. The summed E-state index contributed by atoms with van der Waals surface area (Å²) in [6, 6.07) is 19.4. The van der Waals surface area contributed by atoms with E-state index >= 15 is 0 Å². The van der Waals surface area contributed by atoms with E-state index in [4.69, 9.17) is 4.74 Å². The van der Waals surface area contributed by atoms with Gasteiger partial charge in [-0.05, 0) is 30.5 Å². The molecule has 2 heteroatoms. The van der Waals surface area contributed by atoms with Crippen LogP contribution >= 0.6 is 0 Å². The fourth-order valence-corrected chi connectivity index (χ4v) is 3.04.